The van der Waals surface area contributed by atoms with Gasteiger partial charge < -0.3 is 9.32 Å². The summed E-state index contributed by atoms with van der Waals surface area (Å²) in [6.07, 6.45) is 0. The number of amides is 1. The fourth-order valence-corrected chi connectivity index (χ4v) is 2.30. The molecule has 1 amide bonds. The maximum atomic E-state index is 11.5. The highest BCUT2D eigenvalue weighted by molar-refractivity contribution is 5.91. The number of carbonyl (C=O) groups is 1. The summed E-state index contributed by atoms with van der Waals surface area (Å²) in [4.78, 5) is 16.0. The van der Waals surface area contributed by atoms with Crippen LogP contribution in [0.1, 0.15) is 35.7 Å². The number of rotatable bonds is 7. The standard InChI is InChI=1S/C14H26N4O2/c1-6-18(10(2)8-17(4)5)9-12-7-13(14(19)16-15)20-11(12)3/h7,10H,6,8-9,15H2,1-5H3,(H,16,19). The molecule has 0 aliphatic heterocycles. The van der Waals surface area contributed by atoms with Crippen molar-refractivity contribution in [3.05, 3.63) is 23.2 Å². The second-order valence-corrected chi connectivity index (χ2v) is 5.34. The number of carbonyl (C=O) groups excluding carboxylic acids is 1. The van der Waals surface area contributed by atoms with E-state index >= 15 is 0 Å². The van der Waals surface area contributed by atoms with Crippen LogP contribution < -0.4 is 11.3 Å². The monoisotopic (exact) mass is 282 g/mol. The summed E-state index contributed by atoms with van der Waals surface area (Å²) in [5.74, 6) is 5.74. The van der Waals surface area contributed by atoms with Crippen molar-refractivity contribution in [3.8, 4) is 0 Å². The van der Waals surface area contributed by atoms with Crippen LogP contribution in [0, 0.1) is 6.92 Å². The molecular formula is C14H26N4O2. The highest BCUT2D eigenvalue weighted by Gasteiger charge is 2.18. The second-order valence-electron chi connectivity index (χ2n) is 5.34. The smallest absolute Gasteiger partial charge is 0.300 e. The van der Waals surface area contributed by atoms with Crippen LogP contribution in [0.5, 0.6) is 0 Å². The van der Waals surface area contributed by atoms with Crippen LogP contribution in [0.25, 0.3) is 0 Å². The van der Waals surface area contributed by atoms with E-state index in [2.05, 4.69) is 43.2 Å². The Morgan fingerprint density at radius 2 is 2.15 bits per heavy atom. The van der Waals surface area contributed by atoms with Gasteiger partial charge in [0, 0.05) is 24.7 Å². The fourth-order valence-electron chi connectivity index (χ4n) is 2.30. The molecule has 0 aliphatic carbocycles. The molecule has 1 unspecified atom stereocenters. The van der Waals surface area contributed by atoms with E-state index in [-0.39, 0.29) is 5.76 Å². The molecule has 0 aliphatic rings. The van der Waals surface area contributed by atoms with E-state index in [0.717, 1.165) is 31.0 Å². The molecule has 3 N–H and O–H groups in total. The van der Waals surface area contributed by atoms with Crippen LogP contribution in [-0.2, 0) is 6.54 Å². The Balaban J connectivity index is 2.79. The zero-order valence-electron chi connectivity index (χ0n) is 13.1. The molecule has 1 rings (SSSR count). The Morgan fingerprint density at radius 1 is 1.50 bits per heavy atom. The molecule has 6 nitrogen and oxygen atoms in total. The summed E-state index contributed by atoms with van der Waals surface area (Å²) in [6.45, 7) is 8.90. The lowest BCUT2D eigenvalue weighted by Crippen LogP contribution is -2.39. The van der Waals surface area contributed by atoms with E-state index in [1.54, 1.807) is 6.07 Å². The van der Waals surface area contributed by atoms with E-state index < -0.39 is 5.91 Å². The first-order valence-electron chi connectivity index (χ1n) is 6.88. The van der Waals surface area contributed by atoms with Gasteiger partial charge in [0.25, 0.3) is 0 Å². The molecule has 1 heterocycles. The summed E-state index contributed by atoms with van der Waals surface area (Å²) < 4.78 is 5.44. The lowest BCUT2D eigenvalue weighted by molar-refractivity contribution is 0.0924. The lowest BCUT2D eigenvalue weighted by Gasteiger charge is -2.29. The maximum absolute atomic E-state index is 11.5. The minimum absolute atomic E-state index is 0.260. The molecule has 0 spiro atoms. The minimum Gasteiger partial charge on any atom is -0.456 e. The minimum atomic E-state index is -0.399. The Kier molecular flexibility index (Phi) is 6.19. The molecule has 114 valence electrons. The van der Waals surface area contributed by atoms with Crippen LogP contribution in [0.2, 0.25) is 0 Å². The number of hydrazine groups is 1. The number of nitrogens with zero attached hydrogens (tertiary/aromatic N) is 2. The molecule has 1 atom stereocenters. The molecule has 20 heavy (non-hydrogen) atoms. The highest BCUT2D eigenvalue weighted by Crippen LogP contribution is 2.18. The molecule has 0 fully saturated rings. The number of likely N-dealkylation sites (N-methyl/N-ethyl adjacent to an activating group) is 2. The van der Waals surface area contributed by atoms with Crippen LogP contribution in [0.4, 0.5) is 0 Å². The molecule has 1 aromatic heterocycles. The van der Waals surface area contributed by atoms with Crippen molar-refractivity contribution in [3.63, 3.8) is 0 Å². The third-order valence-corrected chi connectivity index (χ3v) is 3.41. The third-order valence-electron chi connectivity index (χ3n) is 3.41. The van der Waals surface area contributed by atoms with E-state index in [1.165, 1.54) is 0 Å². The Morgan fingerprint density at radius 3 is 2.65 bits per heavy atom. The quantitative estimate of drug-likeness (QED) is 0.443. The second kappa shape index (κ2) is 7.42. The Labute approximate surface area is 120 Å². The van der Waals surface area contributed by atoms with Gasteiger partial charge in [-0.25, -0.2) is 5.84 Å². The molecule has 0 saturated carbocycles. The summed E-state index contributed by atoms with van der Waals surface area (Å²) >= 11 is 0. The van der Waals surface area contributed by atoms with Crippen molar-refractivity contribution in [1.29, 1.82) is 0 Å². The van der Waals surface area contributed by atoms with Gasteiger partial charge in [-0.1, -0.05) is 6.92 Å². The number of furan rings is 1. The third kappa shape index (κ3) is 4.33. The van der Waals surface area contributed by atoms with Crippen molar-refractivity contribution >= 4 is 5.91 Å². The number of hydrogen-bond donors (Lipinski definition) is 2. The van der Waals surface area contributed by atoms with Gasteiger partial charge in [-0.15, -0.1) is 0 Å². The van der Waals surface area contributed by atoms with Crippen LogP contribution in [0.3, 0.4) is 0 Å². The first kappa shape index (κ1) is 16.7. The number of nitrogens with one attached hydrogen (secondary N) is 1. The van der Waals surface area contributed by atoms with Gasteiger partial charge in [-0.3, -0.25) is 15.1 Å². The van der Waals surface area contributed by atoms with Crippen molar-refractivity contribution < 1.29 is 9.21 Å². The van der Waals surface area contributed by atoms with Crippen molar-refractivity contribution in [2.24, 2.45) is 5.84 Å². The number of nitrogens with two attached hydrogens (primary N) is 1. The number of hydrogen-bond acceptors (Lipinski definition) is 5. The largest absolute Gasteiger partial charge is 0.456 e. The normalized spacial score (nSPS) is 13.0. The van der Waals surface area contributed by atoms with Gasteiger partial charge >= 0.3 is 5.91 Å². The molecule has 0 radical (unpaired) electrons. The molecular weight excluding hydrogens is 256 g/mol. The van der Waals surface area contributed by atoms with Crippen LogP contribution in [0.15, 0.2) is 10.5 Å². The SMILES string of the molecule is CCN(Cc1cc(C(=O)NN)oc1C)C(C)CN(C)C. The molecule has 0 saturated heterocycles. The van der Waals surface area contributed by atoms with Gasteiger partial charge in [0.1, 0.15) is 5.76 Å². The first-order valence-corrected chi connectivity index (χ1v) is 6.88. The summed E-state index contributed by atoms with van der Waals surface area (Å²) in [5, 5.41) is 0. The number of nitrogen functional groups attached to an aromatic ring is 1. The maximum Gasteiger partial charge on any atom is 0.300 e. The van der Waals surface area contributed by atoms with Crippen molar-refractivity contribution in [2.45, 2.75) is 33.4 Å². The van der Waals surface area contributed by atoms with Crippen molar-refractivity contribution in [2.75, 3.05) is 27.2 Å². The van der Waals surface area contributed by atoms with Gasteiger partial charge in [0.15, 0.2) is 5.76 Å². The zero-order valence-corrected chi connectivity index (χ0v) is 13.1. The zero-order chi connectivity index (χ0) is 15.3. The van der Waals surface area contributed by atoms with Crippen LogP contribution in [-0.4, -0.2) is 48.9 Å². The average molecular weight is 282 g/mol. The molecule has 1 aromatic rings. The van der Waals surface area contributed by atoms with E-state index in [9.17, 15) is 4.79 Å². The van der Waals surface area contributed by atoms with Gasteiger partial charge in [0.2, 0.25) is 0 Å². The molecule has 6 heteroatoms. The highest BCUT2D eigenvalue weighted by atomic mass is 16.4. The van der Waals surface area contributed by atoms with Gasteiger partial charge in [-0.05, 0) is 40.6 Å². The van der Waals surface area contributed by atoms with E-state index in [4.69, 9.17) is 10.3 Å². The first-order chi connectivity index (χ1) is 9.38. The number of aryl methyl sites for hydroxylation is 1. The fraction of sp³-hybridized carbons (Fsp3) is 0.643. The summed E-state index contributed by atoms with van der Waals surface area (Å²) in [6, 6.07) is 2.19. The lowest BCUT2D eigenvalue weighted by atomic mass is 10.2. The Bertz CT molecular complexity index is 442. The summed E-state index contributed by atoms with van der Waals surface area (Å²) in [5.41, 5.74) is 3.11. The summed E-state index contributed by atoms with van der Waals surface area (Å²) in [7, 11) is 4.13. The topological polar surface area (TPSA) is 74.7 Å². The predicted molar refractivity (Wildman–Crippen MR) is 79.2 cm³/mol. The van der Waals surface area contributed by atoms with Crippen LogP contribution >= 0.6 is 0 Å². The van der Waals surface area contributed by atoms with Crippen molar-refractivity contribution in [1.82, 2.24) is 15.2 Å². The van der Waals surface area contributed by atoms with Gasteiger partial charge in [0.05, 0.1) is 0 Å². The Hall–Kier alpha value is -1.37. The van der Waals surface area contributed by atoms with E-state index in [0.29, 0.717) is 6.04 Å². The molecule has 0 aromatic carbocycles. The van der Waals surface area contributed by atoms with Gasteiger partial charge in [-0.2, -0.15) is 0 Å². The van der Waals surface area contributed by atoms with E-state index in [1.807, 2.05) is 6.92 Å². The average Bonchev–Trinajstić information content (AvgIpc) is 2.75. The predicted octanol–water partition coefficient (Wildman–Crippen LogP) is 0.964. The molecule has 0 bridgehead atoms.